The highest BCUT2D eigenvalue weighted by Crippen LogP contribution is 2.26. The average Bonchev–Trinajstić information content (AvgIpc) is 2.57. The van der Waals surface area contributed by atoms with Gasteiger partial charge in [0.2, 0.25) is 5.91 Å². The van der Waals surface area contributed by atoms with Crippen LogP contribution in [0.5, 0.6) is 0 Å². The van der Waals surface area contributed by atoms with Crippen molar-refractivity contribution in [3.05, 3.63) is 0 Å². The number of hydroxylamine groups is 2. The number of methoxy groups -OCH3 is 1. The van der Waals surface area contributed by atoms with Crippen molar-refractivity contribution in [3.63, 3.8) is 0 Å². The van der Waals surface area contributed by atoms with E-state index in [-0.39, 0.29) is 18.9 Å². The molecule has 1 atom stereocenters. The molecule has 22 heavy (non-hydrogen) atoms. The smallest absolute Gasteiger partial charge is 0.363 e. The lowest BCUT2D eigenvalue weighted by Crippen LogP contribution is -2.61. The normalized spacial score (nSPS) is 23.3. The first kappa shape index (κ1) is 16.5. The molecule has 0 aliphatic carbocycles. The number of urea groups is 1. The lowest BCUT2D eigenvalue weighted by Gasteiger charge is -2.42. The molecule has 0 aromatic heterocycles. The van der Waals surface area contributed by atoms with Crippen LogP contribution in [-0.4, -0.2) is 64.8 Å². The van der Waals surface area contributed by atoms with Crippen LogP contribution in [0.2, 0.25) is 0 Å². The third-order valence-electron chi connectivity index (χ3n) is 3.49. The fourth-order valence-electron chi connectivity index (χ4n) is 2.62. The van der Waals surface area contributed by atoms with E-state index in [0.717, 1.165) is 0 Å². The molecular weight excluding hydrogens is 290 g/mol. The van der Waals surface area contributed by atoms with Gasteiger partial charge in [0, 0.05) is 13.0 Å². The highest BCUT2D eigenvalue weighted by molar-refractivity contribution is 5.88. The van der Waals surface area contributed by atoms with Gasteiger partial charge in [-0.05, 0) is 33.6 Å². The molecule has 2 fully saturated rings. The van der Waals surface area contributed by atoms with Crippen LogP contribution >= 0.6 is 0 Å². The second-order valence-electron chi connectivity index (χ2n) is 6.38. The van der Waals surface area contributed by atoms with E-state index in [1.54, 1.807) is 0 Å². The summed E-state index contributed by atoms with van der Waals surface area (Å²) in [5.74, 6) is -0.717. The summed E-state index contributed by atoms with van der Waals surface area (Å²) in [5, 5.41) is 3.70. The third-order valence-corrected chi connectivity index (χ3v) is 3.49. The van der Waals surface area contributed by atoms with Gasteiger partial charge in [0.05, 0.1) is 19.3 Å². The molecule has 2 aliphatic heterocycles. The van der Waals surface area contributed by atoms with E-state index in [1.165, 1.54) is 22.2 Å². The summed E-state index contributed by atoms with van der Waals surface area (Å²) in [4.78, 5) is 42.6. The minimum Gasteiger partial charge on any atom is -0.467 e. The van der Waals surface area contributed by atoms with Crippen molar-refractivity contribution in [2.45, 2.75) is 51.7 Å². The van der Waals surface area contributed by atoms with E-state index in [1.807, 2.05) is 20.8 Å². The van der Waals surface area contributed by atoms with Gasteiger partial charge in [-0.1, -0.05) is 0 Å². The van der Waals surface area contributed by atoms with Crippen LogP contribution in [0.15, 0.2) is 0 Å². The van der Waals surface area contributed by atoms with Crippen LogP contribution in [0.1, 0.15) is 40.0 Å². The highest BCUT2D eigenvalue weighted by atomic mass is 16.7. The number of amides is 3. The molecule has 0 spiro atoms. The van der Waals surface area contributed by atoms with Crippen LogP contribution in [-0.2, 0) is 19.2 Å². The number of hydrazine groups is 1. The predicted octanol–water partition coefficient (Wildman–Crippen LogP) is 0.923. The monoisotopic (exact) mass is 313 g/mol. The summed E-state index contributed by atoms with van der Waals surface area (Å²) in [5.41, 5.74) is -0.579. The van der Waals surface area contributed by atoms with Gasteiger partial charge in [0.1, 0.15) is 0 Å². The zero-order valence-corrected chi connectivity index (χ0v) is 13.5. The largest absolute Gasteiger partial charge is 0.467 e. The Morgan fingerprint density at radius 1 is 1.23 bits per heavy atom. The molecule has 0 saturated carbocycles. The SMILES string of the molecule is COC(=O)[C@@H]1CCCN2C(=O)CCN(OC(C)(C)C)C(=O)N12. The minimum absolute atomic E-state index is 0.159. The summed E-state index contributed by atoms with van der Waals surface area (Å²) < 4.78 is 4.77. The van der Waals surface area contributed by atoms with Crippen molar-refractivity contribution < 1.29 is 24.0 Å². The van der Waals surface area contributed by atoms with Crippen LogP contribution in [0.3, 0.4) is 0 Å². The molecular formula is C14H23N3O5. The van der Waals surface area contributed by atoms with Gasteiger partial charge in [0.25, 0.3) is 0 Å². The first-order valence-corrected chi connectivity index (χ1v) is 7.42. The summed E-state index contributed by atoms with van der Waals surface area (Å²) in [6.07, 6.45) is 1.27. The number of hydrogen-bond acceptors (Lipinski definition) is 5. The molecule has 0 N–H and O–H groups in total. The molecule has 0 radical (unpaired) electrons. The lowest BCUT2D eigenvalue weighted by atomic mass is 10.1. The minimum atomic E-state index is -0.792. The number of ether oxygens (including phenoxy) is 1. The summed E-state index contributed by atoms with van der Waals surface area (Å²) in [7, 11) is 1.27. The van der Waals surface area contributed by atoms with Crippen molar-refractivity contribution in [1.82, 2.24) is 15.1 Å². The van der Waals surface area contributed by atoms with Gasteiger partial charge in [0.15, 0.2) is 6.04 Å². The molecule has 0 bridgehead atoms. The van der Waals surface area contributed by atoms with Crippen molar-refractivity contribution >= 4 is 17.9 Å². The number of hydrogen-bond donors (Lipinski definition) is 0. The molecule has 2 aliphatic rings. The molecule has 0 aromatic carbocycles. The number of fused-ring (bicyclic) bond motifs is 1. The van der Waals surface area contributed by atoms with Crippen molar-refractivity contribution in [2.75, 3.05) is 20.2 Å². The van der Waals surface area contributed by atoms with E-state index in [2.05, 4.69) is 0 Å². The van der Waals surface area contributed by atoms with E-state index in [0.29, 0.717) is 19.4 Å². The Hall–Kier alpha value is -1.83. The summed E-state index contributed by atoms with van der Waals surface area (Å²) in [6, 6.07) is -1.30. The zero-order chi connectivity index (χ0) is 16.5. The Morgan fingerprint density at radius 2 is 1.91 bits per heavy atom. The van der Waals surface area contributed by atoms with Crippen LogP contribution in [0.4, 0.5) is 4.79 Å². The second-order valence-corrected chi connectivity index (χ2v) is 6.38. The second kappa shape index (κ2) is 6.12. The molecule has 8 nitrogen and oxygen atoms in total. The lowest BCUT2D eigenvalue weighted by molar-refractivity contribution is -0.205. The summed E-state index contributed by atoms with van der Waals surface area (Å²) in [6.45, 7) is 6.04. The molecule has 2 saturated heterocycles. The van der Waals surface area contributed by atoms with Gasteiger partial charge in [-0.3, -0.25) is 9.63 Å². The van der Waals surface area contributed by atoms with Crippen molar-refractivity contribution in [1.29, 1.82) is 0 Å². The maximum Gasteiger partial charge on any atom is 0.363 e. The quantitative estimate of drug-likeness (QED) is 0.708. The molecule has 2 heterocycles. The number of carbonyl (C=O) groups excluding carboxylic acids is 3. The number of rotatable bonds is 2. The third kappa shape index (κ3) is 3.32. The predicted molar refractivity (Wildman–Crippen MR) is 76.1 cm³/mol. The fourth-order valence-corrected chi connectivity index (χ4v) is 2.62. The van der Waals surface area contributed by atoms with E-state index < -0.39 is 23.6 Å². The Kier molecular flexibility index (Phi) is 4.60. The Morgan fingerprint density at radius 3 is 2.50 bits per heavy atom. The molecule has 0 aromatic rings. The van der Waals surface area contributed by atoms with Crippen molar-refractivity contribution in [2.24, 2.45) is 0 Å². The van der Waals surface area contributed by atoms with Gasteiger partial charge >= 0.3 is 12.0 Å². The first-order chi connectivity index (χ1) is 10.2. The van der Waals surface area contributed by atoms with Gasteiger partial charge < -0.3 is 4.74 Å². The Bertz CT molecular complexity index is 474. The molecule has 124 valence electrons. The number of esters is 1. The maximum atomic E-state index is 12.8. The molecule has 2 rings (SSSR count). The van der Waals surface area contributed by atoms with Crippen LogP contribution in [0.25, 0.3) is 0 Å². The average molecular weight is 313 g/mol. The van der Waals surface area contributed by atoms with Crippen molar-refractivity contribution in [3.8, 4) is 0 Å². The van der Waals surface area contributed by atoms with Gasteiger partial charge in [-0.15, -0.1) is 0 Å². The first-order valence-electron chi connectivity index (χ1n) is 7.42. The van der Waals surface area contributed by atoms with E-state index in [9.17, 15) is 14.4 Å². The van der Waals surface area contributed by atoms with E-state index in [4.69, 9.17) is 9.57 Å². The standard InChI is InChI=1S/C14H23N3O5/c1-14(2,3)22-16-9-7-11(18)15-8-5-6-10(12(19)21-4)17(15)13(16)20/h10H,5-9H2,1-4H3/t10-/m0/s1. The summed E-state index contributed by atoms with van der Waals surface area (Å²) >= 11 is 0. The molecule has 8 heteroatoms. The number of nitrogens with zero attached hydrogens (tertiary/aromatic N) is 3. The van der Waals surface area contributed by atoms with Gasteiger partial charge in [-0.2, -0.15) is 0 Å². The number of carbonyl (C=O) groups is 3. The molecule has 0 unspecified atom stereocenters. The van der Waals surface area contributed by atoms with E-state index >= 15 is 0 Å². The zero-order valence-electron chi connectivity index (χ0n) is 13.5. The van der Waals surface area contributed by atoms with Gasteiger partial charge in [-0.25, -0.2) is 24.7 Å². The van der Waals surface area contributed by atoms with Crippen LogP contribution < -0.4 is 0 Å². The highest BCUT2D eigenvalue weighted by Gasteiger charge is 2.45. The Labute approximate surface area is 129 Å². The topological polar surface area (TPSA) is 79.4 Å². The molecule has 3 amide bonds. The Balaban J connectivity index is 2.31. The fraction of sp³-hybridized carbons (Fsp3) is 0.786. The maximum absolute atomic E-state index is 12.8. The van der Waals surface area contributed by atoms with Crippen LogP contribution in [0, 0.1) is 0 Å².